The summed E-state index contributed by atoms with van der Waals surface area (Å²) in [7, 11) is 1.56. The Bertz CT molecular complexity index is 382. The molecule has 0 saturated heterocycles. The highest BCUT2D eigenvalue weighted by Gasteiger charge is 2.06. The molecule has 0 radical (unpaired) electrons. The molecule has 0 aromatic carbocycles. The van der Waals surface area contributed by atoms with Gasteiger partial charge in [-0.25, -0.2) is 9.97 Å². The lowest BCUT2D eigenvalue weighted by atomic mass is 10.2. The highest BCUT2D eigenvalue weighted by Crippen LogP contribution is 2.19. The molecule has 0 bridgehead atoms. The largest absolute Gasteiger partial charge is 0.481 e. The van der Waals surface area contributed by atoms with E-state index in [1.807, 2.05) is 6.92 Å². The first-order valence-electron chi connectivity index (χ1n) is 5.46. The Hall–Kier alpha value is -1.85. The van der Waals surface area contributed by atoms with Crippen molar-refractivity contribution in [2.24, 2.45) is 0 Å². The van der Waals surface area contributed by atoms with Gasteiger partial charge in [0.1, 0.15) is 12.1 Å². The number of carboxylic acids is 1. The van der Waals surface area contributed by atoms with Gasteiger partial charge in [-0.05, 0) is 19.8 Å². The van der Waals surface area contributed by atoms with Crippen LogP contribution in [0.5, 0.6) is 5.88 Å². The predicted molar refractivity (Wildman–Crippen MR) is 63.3 cm³/mol. The second kappa shape index (κ2) is 6.67. The van der Waals surface area contributed by atoms with Gasteiger partial charge in [-0.3, -0.25) is 4.79 Å². The maximum atomic E-state index is 10.3. The van der Waals surface area contributed by atoms with E-state index >= 15 is 0 Å². The van der Waals surface area contributed by atoms with Gasteiger partial charge in [0, 0.05) is 13.0 Å². The van der Waals surface area contributed by atoms with Gasteiger partial charge in [0.15, 0.2) is 0 Å². The van der Waals surface area contributed by atoms with Gasteiger partial charge >= 0.3 is 5.97 Å². The van der Waals surface area contributed by atoms with Crippen LogP contribution in [0, 0.1) is 6.92 Å². The van der Waals surface area contributed by atoms with Crippen molar-refractivity contribution in [3.63, 3.8) is 0 Å². The van der Waals surface area contributed by atoms with Crippen molar-refractivity contribution in [1.29, 1.82) is 0 Å². The standard InChI is InChI=1S/C11H17N3O3/c1-8-10(13-7-14-11(8)17-2)12-6-4-3-5-9(15)16/h7H,3-6H2,1-2H3,(H,15,16)(H,12,13,14). The number of hydrogen-bond donors (Lipinski definition) is 2. The van der Waals surface area contributed by atoms with Crippen molar-refractivity contribution in [3.05, 3.63) is 11.9 Å². The van der Waals surface area contributed by atoms with Crippen LogP contribution in [0.25, 0.3) is 0 Å². The number of carboxylic acid groups (broad SMARTS) is 1. The fraction of sp³-hybridized carbons (Fsp3) is 0.545. The molecule has 1 rings (SSSR count). The number of aromatic nitrogens is 2. The molecule has 0 fully saturated rings. The monoisotopic (exact) mass is 239 g/mol. The lowest BCUT2D eigenvalue weighted by Crippen LogP contribution is -2.07. The first-order chi connectivity index (χ1) is 8.15. The summed E-state index contributed by atoms with van der Waals surface area (Å²) in [4.78, 5) is 18.4. The van der Waals surface area contributed by atoms with E-state index in [0.29, 0.717) is 18.8 Å². The molecule has 0 atom stereocenters. The molecule has 0 aliphatic heterocycles. The van der Waals surface area contributed by atoms with Crippen LogP contribution in [-0.4, -0.2) is 34.7 Å². The lowest BCUT2D eigenvalue weighted by molar-refractivity contribution is -0.137. The molecule has 17 heavy (non-hydrogen) atoms. The maximum absolute atomic E-state index is 10.3. The van der Waals surface area contributed by atoms with E-state index in [1.165, 1.54) is 6.33 Å². The Morgan fingerprint density at radius 1 is 1.47 bits per heavy atom. The highest BCUT2D eigenvalue weighted by atomic mass is 16.5. The van der Waals surface area contributed by atoms with Crippen LogP contribution in [0.15, 0.2) is 6.33 Å². The summed E-state index contributed by atoms with van der Waals surface area (Å²) >= 11 is 0. The minimum atomic E-state index is -0.759. The molecule has 0 amide bonds. The third-order valence-corrected chi connectivity index (χ3v) is 2.34. The number of nitrogens with one attached hydrogen (secondary N) is 1. The number of rotatable bonds is 7. The summed E-state index contributed by atoms with van der Waals surface area (Å²) in [5.41, 5.74) is 0.855. The van der Waals surface area contributed by atoms with E-state index in [0.717, 1.165) is 17.8 Å². The molecule has 0 spiro atoms. The van der Waals surface area contributed by atoms with E-state index < -0.39 is 5.97 Å². The number of unbranched alkanes of at least 4 members (excludes halogenated alkanes) is 1. The maximum Gasteiger partial charge on any atom is 0.303 e. The summed E-state index contributed by atoms with van der Waals surface area (Å²) in [5, 5.41) is 11.6. The van der Waals surface area contributed by atoms with Gasteiger partial charge in [0.2, 0.25) is 5.88 Å². The Balaban J connectivity index is 2.39. The SMILES string of the molecule is COc1ncnc(NCCCCC(=O)O)c1C. The van der Waals surface area contributed by atoms with Gasteiger partial charge in [-0.2, -0.15) is 0 Å². The Kier molecular flexibility index (Phi) is 5.19. The Morgan fingerprint density at radius 2 is 2.24 bits per heavy atom. The third-order valence-electron chi connectivity index (χ3n) is 2.34. The summed E-state index contributed by atoms with van der Waals surface area (Å²) < 4.78 is 5.08. The van der Waals surface area contributed by atoms with Crippen LogP contribution in [0.3, 0.4) is 0 Å². The van der Waals surface area contributed by atoms with Crippen LogP contribution in [0.1, 0.15) is 24.8 Å². The fourth-order valence-corrected chi connectivity index (χ4v) is 1.43. The summed E-state index contributed by atoms with van der Waals surface area (Å²) in [5.74, 6) is 0.519. The zero-order chi connectivity index (χ0) is 12.7. The third kappa shape index (κ3) is 4.26. The second-order valence-electron chi connectivity index (χ2n) is 3.63. The number of methoxy groups -OCH3 is 1. The van der Waals surface area contributed by atoms with Gasteiger partial charge in [-0.1, -0.05) is 0 Å². The molecular weight excluding hydrogens is 222 g/mol. The molecule has 0 aliphatic rings. The van der Waals surface area contributed by atoms with E-state index in [1.54, 1.807) is 7.11 Å². The van der Waals surface area contributed by atoms with Gasteiger partial charge in [-0.15, -0.1) is 0 Å². The molecule has 94 valence electrons. The average Bonchev–Trinajstić information content (AvgIpc) is 2.30. The fourth-order valence-electron chi connectivity index (χ4n) is 1.43. The first kappa shape index (κ1) is 13.2. The van der Waals surface area contributed by atoms with Crippen molar-refractivity contribution in [2.45, 2.75) is 26.2 Å². The average molecular weight is 239 g/mol. The second-order valence-corrected chi connectivity index (χ2v) is 3.63. The quantitative estimate of drug-likeness (QED) is 0.701. The van der Waals surface area contributed by atoms with Crippen LogP contribution < -0.4 is 10.1 Å². The van der Waals surface area contributed by atoms with E-state index in [-0.39, 0.29) is 6.42 Å². The summed E-state index contributed by atoms with van der Waals surface area (Å²) in [6, 6.07) is 0. The number of anilines is 1. The molecule has 0 unspecified atom stereocenters. The molecular formula is C11H17N3O3. The van der Waals surface area contributed by atoms with Gasteiger partial charge < -0.3 is 15.2 Å². The molecule has 6 heteroatoms. The lowest BCUT2D eigenvalue weighted by Gasteiger charge is -2.09. The van der Waals surface area contributed by atoms with Crippen molar-refractivity contribution in [3.8, 4) is 5.88 Å². The van der Waals surface area contributed by atoms with Crippen LogP contribution >= 0.6 is 0 Å². The summed E-state index contributed by atoms with van der Waals surface area (Å²) in [6.45, 7) is 2.56. The van der Waals surface area contributed by atoms with E-state index in [4.69, 9.17) is 9.84 Å². The predicted octanol–water partition coefficient (Wildman–Crippen LogP) is 1.46. The zero-order valence-corrected chi connectivity index (χ0v) is 10.1. The zero-order valence-electron chi connectivity index (χ0n) is 10.1. The molecule has 6 nitrogen and oxygen atoms in total. The van der Waals surface area contributed by atoms with Crippen molar-refractivity contribution < 1.29 is 14.6 Å². The normalized spacial score (nSPS) is 10.0. The number of nitrogens with zero attached hydrogens (tertiary/aromatic N) is 2. The van der Waals surface area contributed by atoms with Crippen LogP contribution in [0.4, 0.5) is 5.82 Å². The number of carbonyl (C=O) groups is 1. The minimum absolute atomic E-state index is 0.202. The smallest absolute Gasteiger partial charge is 0.303 e. The molecule has 0 aliphatic carbocycles. The molecule has 2 N–H and O–H groups in total. The highest BCUT2D eigenvalue weighted by molar-refractivity contribution is 5.66. The van der Waals surface area contributed by atoms with Gasteiger partial charge in [0.05, 0.1) is 12.7 Å². The van der Waals surface area contributed by atoms with Gasteiger partial charge in [0.25, 0.3) is 0 Å². The summed E-state index contributed by atoms with van der Waals surface area (Å²) in [6.07, 6.45) is 3.08. The first-order valence-corrected chi connectivity index (χ1v) is 5.46. The van der Waals surface area contributed by atoms with Crippen molar-refractivity contribution in [2.75, 3.05) is 19.0 Å². The number of aliphatic carboxylic acids is 1. The van der Waals surface area contributed by atoms with Crippen LogP contribution in [-0.2, 0) is 4.79 Å². The number of hydrogen-bond acceptors (Lipinski definition) is 5. The van der Waals surface area contributed by atoms with Crippen molar-refractivity contribution >= 4 is 11.8 Å². The topological polar surface area (TPSA) is 84.3 Å². The molecule has 1 aromatic heterocycles. The minimum Gasteiger partial charge on any atom is -0.481 e. The van der Waals surface area contributed by atoms with Crippen molar-refractivity contribution in [1.82, 2.24) is 9.97 Å². The van der Waals surface area contributed by atoms with E-state index in [9.17, 15) is 4.79 Å². The number of ether oxygens (including phenoxy) is 1. The molecule has 1 aromatic rings. The molecule has 1 heterocycles. The van der Waals surface area contributed by atoms with E-state index in [2.05, 4.69) is 15.3 Å². The van der Waals surface area contributed by atoms with Crippen LogP contribution in [0.2, 0.25) is 0 Å². The molecule has 0 saturated carbocycles. The Labute approximate surface area is 100 Å². The Morgan fingerprint density at radius 3 is 2.88 bits per heavy atom.